The normalized spacial score (nSPS) is 11.3. The second kappa shape index (κ2) is 6.42. The van der Waals surface area contributed by atoms with Crippen LogP contribution in [0.1, 0.15) is 5.56 Å². The fraction of sp³-hybridized carbons (Fsp3) is 0.0909. The van der Waals surface area contributed by atoms with E-state index < -0.39 is 0 Å². The largest absolute Gasteiger partial charge is 0.344 e. The molecule has 6 nitrogen and oxygen atoms in total. The van der Waals surface area contributed by atoms with Gasteiger partial charge in [-0.15, -0.1) is 0 Å². The van der Waals surface area contributed by atoms with Gasteiger partial charge in [-0.05, 0) is 35.9 Å². The molecule has 0 aliphatic heterocycles. The van der Waals surface area contributed by atoms with Crippen molar-refractivity contribution in [1.29, 1.82) is 0 Å². The minimum Gasteiger partial charge on any atom is -0.344 e. The van der Waals surface area contributed by atoms with Gasteiger partial charge in [-0.25, -0.2) is 4.79 Å². The second-order valence-corrected chi connectivity index (χ2v) is 6.87. The van der Waals surface area contributed by atoms with E-state index in [-0.39, 0.29) is 6.03 Å². The van der Waals surface area contributed by atoms with E-state index >= 15 is 0 Å². The highest BCUT2D eigenvalue weighted by molar-refractivity contribution is 6.08. The molecule has 0 bridgehead atoms. The van der Waals surface area contributed by atoms with E-state index in [1.807, 2.05) is 18.2 Å². The number of urea groups is 1. The molecule has 2 amide bonds. The predicted molar refractivity (Wildman–Crippen MR) is 112 cm³/mol. The number of benzene rings is 3. The van der Waals surface area contributed by atoms with Crippen LogP contribution >= 0.6 is 0 Å². The molecule has 0 saturated heterocycles. The molecule has 28 heavy (non-hydrogen) atoms. The highest BCUT2D eigenvalue weighted by Crippen LogP contribution is 2.28. The molecule has 0 aliphatic rings. The van der Waals surface area contributed by atoms with Crippen molar-refractivity contribution in [2.24, 2.45) is 7.05 Å². The van der Waals surface area contributed by atoms with Gasteiger partial charge in [-0.2, -0.15) is 5.10 Å². The van der Waals surface area contributed by atoms with Crippen molar-refractivity contribution < 1.29 is 4.79 Å². The van der Waals surface area contributed by atoms with E-state index in [0.717, 1.165) is 22.2 Å². The molecule has 3 aromatic carbocycles. The lowest BCUT2D eigenvalue weighted by molar-refractivity contribution is 0.252. The Labute approximate surface area is 161 Å². The summed E-state index contributed by atoms with van der Waals surface area (Å²) in [5, 5.41) is 16.1. The predicted octanol–water partition coefficient (Wildman–Crippen LogP) is 4.53. The van der Waals surface area contributed by atoms with Crippen molar-refractivity contribution >= 4 is 44.4 Å². The number of aromatic amines is 1. The van der Waals surface area contributed by atoms with Crippen LogP contribution in [0.2, 0.25) is 0 Å². The monoisotopic (exact) mass is 369 g/mol. The number of nitrogens with one attached hydrogen (secondary N) is 3. The third-order valence-corrected chi connectivity index (χ3v) is 5.16. The van der Waals surface area contributed by atoms with Crippen LogP contribution < -0.4 is 10.6 Å². The summed E-state index contributed by atoms with van der Waals surface area (Å²) in [6.45, 7) is 0.451. The second-order valence-electron chi connectivity index (χ2n) is 6.87. The highest BCUT2D eigenvalue weighted by Gasteiger charge is 2.10. The number of carbonyl (C=O) groups is 1. The zero-order chi connectivity index (χ0) is 19.1. The zero-order valence-electron chi connectivity index (χ0n) is 15.4. The van der Waals surface area contributed by atoms with E-state index in [1.54, 1.807) is 6.20 Å². The molecule has 5 rings (SSSR count). The number of amides is 2. The summed E-state index contributed by atoms with van der Waals surface area (Å²) in [5.74, 6) is 0. The molecule has 3 N–H and O–H groups in total. The minimum atomic E-state index is -0.244. The summed E-state index contributed by atoms with van der Waals surface area (Å²) in [4.78, 5) is 12.4. The Bertz CT molecular complexity index is 1330. The number of fused-ring (bicyclic) bond motifs is 4. The van der Waals surface area contributed by atoms with Gasteiger partial charge in [0.25, 0.3) is 0 Å². The topological polar surface area (TPSA) is 74.7 Å². The average molecular weight is 369 g/mol. The summed E-state index contributed by atoms with van der Waals surface area (Å²) in [6, 6.07) is 20.1. The Morgan fingerprint density at radius 2 is 1.86 bits per heavy atom. The first-order valence-corrected chi connectivity index (χ1v) is 9.14. The molecule has 0 aliphatic carbocycles. The van der Waals surface area contributed by atoms with Crippen molar-refractivity contribution in [3.05, 3.63) is 72.4 Å². The number of anilines is 1. The fourth-order valence-corrected chi connectivity index (χ4v) is 3.75. The summed E-state index contributed by atoms with van der Waals surface area (Å²) < 4.78 is 2.19. The number of para-hydroxylation sites is 1. The van der Waals surface area contributed by atoms with Crippen LogP contribution in [-0.2, 0) is 13.6 Å². The lowest BCUT2D eigenvalue weighted by Gasteiger charge is -2.09. The van der Waals surface area contributed by atoms with Crippen LogP contribution in [0.5, 0.6) is 0 Å². The van der Waals surface area contributed by atoms with Crippen LogP contribution in [0, 0.1) is 0 Å². The first-order chi connectivity index (χ1) is 13.7. The minimum absolute atomic E-state index is 0.244. The van der Waals surface area contributed by atoms with Gasteiger partial charge in [0.2, 0.25) is 0 Å². The third kappa shape index (κ3) is 2.66. The summed E-state index contributed by atoms with van der Waals surface area (Å²) in [5.41, 5.74) is 5.06. The van der Waals surface area contributed by atoms with Gasteiger partial charge in [0.15, 0.2) is 0 Å². The standard InChI is InChI=1S/C22H19N5O/c1-27-20-8-3-2-5-15(20)16-11-14(9-10-21(16)27)12-23-22(28)25-18-6-4-7-19-17(18)13-24-26-19/h2-11,13H,12H2,1H3,(H,24,26)(H2,23,25,28). The molecule has 0 saturated carbocycles. The van der Waals surface area contributed by atoms with Gasteiger partial charge < -0.3 is 15.2 Å². The van der Waals surface area contributed by atoms with Gasteiger partial charge >= 0.3 is 6.03 Å². The van der Waals surface area contributed by atoms with Gasteiger partial charge in [-0.3, -0.25) is 5.10 Å². The molecular formula is C22H19N5O. The molecule has 0 atom stereocenters. The molecule has 2 heterocycles. The summed E-state index contributed by atoms with van der Waals surface area (Å²) in [7, 11) is 2.08. The maximum Gasteiger partial charge on any atom is 0.319 e. The first-order valence-electron chi connectivity index (χ1n) is 9.14. The molecule has 6 heteroatoms. The van der Waals surface area contributed by atoms with Crippen molar-refractivity contribution in [2.45, 2.75) is 6.54 Å². The molecule has 0 fully saturated rings. The quantitative estimate of drug-likeness (QED) is 0.437. The number of aromatic nitrogens is 3. The lowest BCUT2D eigenvalue weighted by Crippen LogP contribution is -2.28. The molecule has 2 aromatic heterocycles. The van der Waals surface area contributed by atoms with Crippen LogP contribution in [0.4, 0.5) is 10.5 Å². The van der Waals surface area contributed by atoms with E-state index in [2.05, 4.69) is 74.9 Å². The van der Waals surface area contributed by atoms with Crippen LogP contribution in [0.15, 0.2) is 66.9 Å². The van der Waals surface area contributed by atoms with Crippen LogP contribution in [0.3, 0.4) is 0 Å². The van der Waals surface area contributed by atoms with E-state index in [9.17, 15) is 4.79 Å². The highest BCUT2D eigenvalue weighted by atomic mass is 16.2. The molecule has 0 spiro atoms. The Hall–Kier alpha value is -3.80. The van der Waals surface area contributed by atoms with Gasteiger partial charge in [0, 0.05) is 40.8 Å². The molecule has 138 valence electrons. The Morgan fingerprint density at radius 3 is 2.79 bits per heavy atom. The Morgan fingerprint density at radius 1 is 1.00 bits per heavy atom. The van der Waals surface area contributed by atoms with Gasteiger partial charge in [-0.1, -0.05) is 30.3 Å². The van der Waals surface area contributed by atoms with Crippen LogP contribution in [0.25, 0.3) is 32.7 Å². The van der Waals surface area contributed by atoms with Crippen molar-refractivity contribution in [1.82, 2.24) is 20.1 Å². The maximum absolute atomic E-state index is 12.4. The lowest BCUT2D eigenvalue weighted by atomic mass is 10.1. The van der Waals surface area contributed by atoms with Crippen molar-refractivity contribution in [3.8, 4) is 0 Å². The Balaban J connectivity index is 1.36. The van der Waals surface area contributed by atoms with Crippen LogP contribution in [-0.4, -0.2) is 20.8 Å². The molecule has 5 aromatic rings. The number of H-pyrrole nitrogens is 1. The fourth-order valence-electron chi connectivity index (χ4n) is 3.75. The van der Waals surface area contributed by atoms with Crippen molar-refractivity contribution in [2.75, 3.05) is 5.32 Å². The number of nitrogens with zero attached hydrogens (tertiary/aromatic N) is 2. The number of aryl methyl sites for hydroxylation is 1. The smallest absolute Gasteiger partial charge is 0.319 e. The number of hydrogen-bond acceptors (Lipinski definition) is 2. The summed E-state index contributed by atoms with van der Waals surface area (Å²) in [6.07, 6.45) is 1.71. The zero-order valence-corrected chi connectivity index (χ0v) is 15.4. The number of rotatable bonds is 3. The van der Waals surface area contributed by atoms with E-state index in [4.69, 9.17) is 0 Å². The Kier molecular flexibility index (Phi) is 3.76. The average Bonchev–Trinajstić information content (AvgIpc) is 3.31. The number of carbonyl (C=O) groups excluding carboxylic acids is 1. The molecule has 0 unspecified atom stereocenters. The van der Waals surface area contributed by atoms with E-state index in [1.165, 1.54) is 21.8 Å². The van der Waals surface area contributed by atoms with Gasteiger partial charge in [0.05, 0.1) is 17.4 Å². The molecular weight excluding hydrogens is 350 g/mol. The number of hydrogen-bond donors (Lipinski definition) is 3. The first kappa shape index (κ1) is 16.4. The van der Waals surface area contributed by atoms with Crippen molar-refractivity contribution in [3.63, 3.8) is 0 Å². The van der Waals surface area contributed by atoms with E-state index in [0.29, 0.717) is 6.54 Å². The maximum atomic E-state index is 12.4. The SMILES string of the molecule is Cn1c2ccccc2c2cc(CNC(=O)Nc3cccc4[nH]ncc34)ccc21. The summed E-state index contributed by atoms with van der Waals surface area (Å²) >= 11 is 0. The van der Waals surface area contributed by atoms with Gasteiger partial charge in [0.1, 0.15) is 0 Å². The third-order valence-electron chi connectivity index (χ3n) is 5.16. The molecule has 0 radical (unpaired) electrons.